The van der Waals surface area contributed by atoms with Crippen LogP contribution in [0.4, 0.5) is 4.39 Å². The van der Waals surface area contributed by atoms with E-state index < -0.39 is 11.9 Å². The first-order chi connectivity index (χ1) is 6.57. The maximum atomic E-state index is 13.4. The van der Waals surface area contributed by atoms with Gasteiger partial charge in [-0.2, -0.15) is 0 Å². The van der Waals surface area contributed by atoms with Gasteiger partial charge < -0.3 is 15.5 Å². The molecule has 1 atom stereocenters. The highest BCUT2D eigenvalue weighted by molar-refractivity contribution is 6.32. The van der Waals surface area contributed by atoms with Crippen molar-refractivity contribution in [2.75, 3.05) is 13.6 Å². The van der Waals surface area contributed by atoms with Crippen molar-refractivity contribution >= 4 is 11.6 Å². The van der Waals surface area contributed by atoms with Crippen LogP contribution in [0.25, 0.3) is 0 Å². The van der Waals surface area contributed by atoms with Gasteiger partial charge in [0.25, 0.3) is 0 Å². The molecule has 1 aromatic carbocycles. The zero-order valence-electron chi connectivity index (χ0n) is 7.59. The molecule has 1 rings (SSSR count). The van der Waals surface area contributed by atoms with Crippen molar-refractivity contribution in [2.24, 2.45) is 0 Å². The summed E-state index contributed by atoms with van der Waals surface area (Å²) in [7, 11) is 1.64. The predicted molar refractivity (Wildman–Crippen MR) is 52.0 cm³/mol. The second kappa shape index (κ2) is 4.59. The highest BCUT2D eigenvalue weighted by Gasteiger charge is 2.16. The van der Waals surface area contributed by atoms with E-state index in [4.69, 9.17) is 16.7 Å². The van der Waals surface area contributed by atoms with Crippen LogP contribution in [-0.4, -0.2) is 23.8 Å². The summed E-state index contributed by atoms with van der Waals surface area (Å²) in [6.45, 7) is 0.220. The first kappa shape index (κ1) is 11.2. The Bertz CT molecular complexity index is 333. The standard InChI is InChI=1S/C9H11ClFNO2/c1-12-4-7(14)5-2-3-6(13)8(10)9(5)11/h2-3,7,12-14H,4H2,1H3. The fourth-order valence-corrected chi connectivity index (χ4v) is 1.29. The topological polar surface area (TPSA) is 52.5 Å². The third-order valence-corrected chi connectivity index (χ3v) is 2.21. The Labute approximate surface area is 86.1 Å². The number of hydrogen-bond donors (Lipinski definition) is 3. The lowest BCUT2D eigenvalue weighted by Crippen LogP contribution is -2.17. The smallest absolute Gasteiger partial charge is 0.151 e. The number of aliphatic hydroxyl groups is 1. The average molecular weight is 220 g/mol. The van der Waals surface area contributed by atoms with Gasteiger partial charge in [-0.05, 0) is 19.2 Å². The van der Waals surface area contributed by atoms with Gasteiger partial charge >= 0.3 is 0 Å². The van der Waals surface area contributed by atoms with Crippen molar-refractivity contribution in [3.8, 4) is 5.75 Å². The molecule has 1 unspecified atom stereocenters. The molecule has 0 aliphatic rings. The van der Waals surface area contributed by atoms with E-state index in [0.717, 1.165) is 0 Å². The van der Waals surface area contributed by atoms with Crippen LogP contribution in [0.5, 0.6) is 5.75 Å². The predicted octanol–water partition coefficient (Wildman–Crippen LogP) is 1.44. The largest absolute Gasteiger partial charge is 0.506 e. The van der Waals surface area contributed by atoms with Crippen LogP contribution in [0.15, 0.2) is 12.1 Å². The minimum atomic E-state index is -0.974. The molecule has 3 nitrogen and oxygen atoms in total. The first-order valence-electron chi connectivity index (χ1n) is 4.07. The monoisotopic (exact) mass is 219 g/mol. The zero-order valence-corrected chi connectivity index (χ0v) is 8.35. The molecule has 0 spiro atoms. The summed E-state index contributed by atoms with van der Waals surface area (Å²) in [5, 5.41) is 20.9. The molecule has 0 fully saturated rings. The molecule has 0 amide bonds. The molecule has 0 bridgehead atoms. The van der Waals surface area contributed by atoms with Gasteiger partial charge in [-0.1, -0.05) is 11.6 Å². The quantitative estimate of drug-likeness (QED) is 0.721. The second-order valence-electron chi connectivity index (χ2n) is 2.88. The number of phenols is 1. The highest BCUT2D eigenvalue weighted by Crippen LogP contribution is 2.30. The Kier molecular flexibility index (Phi) is 3.69. The van der Waals surface area contributed by atoms with Gasteiger partial charge in [0.05, 0.1) is 6.10 Å². The molecule has 0 saturated heterocycles. The maximum absolute atomic E-state index is 13.4. The van der Waals surface area contributed by atoms with Crippen LogP contribution in [0.1, 0.15) is 11.7 Å². The lowest BCUT2D eigenvalue weighted by atomic mass is 10.1. The van der Waals surface area contributed by atoms with Crippen molar-refractivity contribution in [1.82, 2.24) is 5.32 Å². The number of aromatic hydroxyl groups is 1. The average Bonchev–Trinajstić information content (AvgIpc) is 2.15. The van der Waals surface area contributed by atoms with Gasteiger partial charge in [0.15, 0.2) is 5.82 Å². The van der Waals surface area contributed by atoms with Crippen LogP contribution in [0.2, 0.25) is 5.02 Å². The summed E-state index contributed by atoms with van der Waals surface area (Å²) in [5.74, 6) is -1.11. The van der Waals surface area contributed by atoms with E-state index in [1.807, 2.05) is 0 Å². The van der Waals surface area contributed by atoms with Crippen LogP contribution < -0.4 is 5.32 Å². The molecule has 3 N–H and O–H groups in total. The van der Waals surface area contributed by atoms with E-state index in [1.165, 1.54) is 12.1 Å². The van der Waals surface area contributed by atoms with E-state index in [2.05, 4.69) is 5.32 Å². The highest BCUT2D eigenvalue weighted by atomic mass is 35.5. The first-order valence-corrected chi connectivity index (χ1v) is 4.45. The van der Waals surface area contributed by atoms with Crippen molar-refractivity contribution < 1.29 is 14.6 Å². The summed E-state index contributed by atoms with van der Waals surface area (Å²) in [5.41, 5.74) is 0.0714. The van der Waals surface area contributed by atoms with Gasteiger partial charge in [0.1, 0.15) is 10.8 Å². The minimum Gasteiger partial charge on any atom is -0.506 e. The van der Waals surface area contributed by atoms with Gasteiger partial charge in [-0.15, -0.1) is 0 Å². The lowest BCUT2D eigenvalue weighted by molar-refractivity contribution is 0.173. The summed E-state index contributed by atoms with van der Waals surface area (Å²) < 4.78 is 13.4. The Morgan fingerprint density at radius 2 is 2.21 bits per heavy atom. The molecule has 0 heterocycles. The van der Waals surface area contributed by atoms with Crippen molar-refractivity contribution in [3.05, 3.63) is 28.5 Å². The van der Waals surface area contributed by atoms with Crippen LogP contribution in [0.3, 0.4) is 0 Å². The van der Waals surface area contributed by atoms with E-state index in [-0.39, 0.29) is 22.9 Å². The third-order valence-electron chi connectivity index (χ3n) is 1.85. The van der Waals surface area contributed by atoms with Gasteiger partial charge in [-0.3, -0.25) is 0 Å². The van der Waals surface area contributed by atoms with Crippen molar-refractivity contribution in [3.63, 3.8) is 0 Å². The van der Waals surface area contributed by atoms with Gasteiger partial charge in [-0.25, -0.2) is 4.39 Å². The number of nitrogens with one attached hydrogen (secondary N) is 1. The van der Waals surface area contributed by atoms with Crippen LogP contribution in [-0.2, 0) is 0 Å². The summed E-state index contributed by atoms with van der Waals surface area (Å²) >= 11 is 5.47. The lowest BCUT2D eigenvalue weighted by Gasteiger charge is -2.12. The number of aliphatic hydroxyl groups excluding tert-OH is 1. The Morgan fingerprint density at radius 1 is 1.57 bits per heavy atom. The number of phenolic OH excluding ortho intramolecular Hbond substituents is 1. The van der Waals surface area contributed by atoms with E-state index in [1.54, 1.807) is 7.05 Å². The van der Waals surface area contributed by atoms with Gasteiger partial charge in [0.2, 0.25) is 0 Å². The molecular formula is C9H11ClFNO2. The van der Waals surface area contributed by atoms with Gasteiger partial charge in [0, 0.05) is 12.1 Å². The molecular weight excluding hydrogens is 209 g/mol. The molecule has 0 aromatic heterocycles. The number of hydrogen-bond acceptors (Lipinski definition) is 3. The number of benzene rings is 1. The third kappa shape index (κ3) is 2.15. The molecule has 0 aliphatic carbocycles. The molecule has 0 saturated carbocycles. The molecule has 5 heteroatoms. The molecule has 0 aliphatic heterocycles. The number of rotatable bonds is 3. The van der Waals surface area contributed by atoms with Crippen LogP contribution >= 0.6 is 11.6 Å². The molecule has 1 aromatic rings. The number of halogens is 2. The minimum absolute atomic E-state index is 0.0714. The normalized spacial score (nSPS) is 12.9. The van der Waals surface area contributed by atoms with E-state index >= 15 is 0 Å². The zero-order chi connectivity index (χ0) is 10.7. The van der Waals surface area contributed by atoms with Crippen molar-refractivity contribution in [1.29, 1.82) is 0 Å². The number of likely N-dealkylation sites (N-methyl/N-ethyl adjacent to an activating group) is 1. The fourth-order valence-electron chi connectivity index (χ4n) is 1.11. The summed E-state index contributed by atoms with van der Waals surface area (Å²) in [6, 6.07) is 2.55. The fraction of sp³-hybridized carbons (Fsp3) is 0.333. The molecule has 0 radical (unpaired) electrons. The van der Waals surface area contributed by atoms with Crippen molar-refractivity contribution in [2.45, 2.75) is 6.10 Å². The summed E-state index contributed by atoms with van der Waals surface area (Å²) in [4.78, 5) is 0. The molecule has 78 valence electrons. The Morgan fingerprint density at radius 3 is 2.79 bits per heavy atom. The second-order valence-corrected chi connectivity index (χ2v) is 3.25. The Hall–Kier alpha value is -0.840. The SMILES string of the molecule is CNCC(O)c1ccc(O)c(Cl)c1F. The van der Waals surface area contributed by atoms with E-state index in [0.29, 0.717) is 0 Å². The molecule has 14 heavy (non-hydrogen) atoms. The summed E-state index contributed by atoms with van der Waals surface area (Å²) in [6.07, 6.45) is -0.974. The van der Waals surface area contributed by atoms with Crippen LogP contribution in [0, 0.1) is 5.82 Å². The Balaban J connectivity index is 3.04. The van der Waals surface area contributed by atoms with E-state index in [9.17, 15) is 9.50 Å². The maximum Gasteiger partial charge on any atom is 0.151 e.